The summed E-state index contributed by atoms with van der Waals surface area (Å²) in [5.74, 6) is 0.465. The fourth-order valence-corrected chi connectivity index (χ4v) is 2.85. The van der Waals surface area contributed by atoms with Gasteiger partial charge in [0.1, 0.15) is 18.0 Å². The molecule has 1 N–H and O–H groups in total. The Hall–Kier alpha value is -3.60. The number of pyridine rings is 1. The van der Waals surface area contributed by atoms with Gasteiger partial charge in [0.05, 0.1) is 5.69 Å². The number of aryl methyl sites for hydroxylation is 1. The number of hydrogen-bond donors (Lipinski definition) is 1. The van der Waals surface area contributed by atoms with Gasteiger partial charge in [0.15, 0.2) is 0 Å². The van der Waals surface area contributed by atoms with Crippen LogP contribution in [-0.2, 0) is 6.61 Å². The third kappa shape index (κ3) is 3.82. The van der Waals surface area contributed by atoms with Crippen molar-refractivity contribution in [3.05, 3.63) is 95.9 Å². The molecule has 5 nitrogen and oxygen atoms in total. The second kappa shape index (κ2) is 7.33. The minimum Gasteiger partial charge on any atom is -0.487 e. The quantitative estimate of drug-likeness (QED) is 0.573. The molecule has 2 aromatic heterocycles. The summed E-state index contributed by atoms with van der Waals surface area (Å²) in [5.41, 5.74) is 4.08. The SMILES string of the molecule is Cc1ccccc1NC(=O)c1cccc(OCc2cn3ccccc3n2)c1. The van der Waals surface area contributed by atoms with Gasteiger partial charge in [-0.05, 0) is 48.9 Å². The first-order chi connectivity index (χ1) is 13.2. The number of carbonyl (C=O) groups excluding carboxylic acids is 1. The molecule has 5 heteroatoms. The van der Waals surface area contributed by atoms with Crippen molar-refractivity contribution in [3.63, 3.8) is 0 Å². The Morgan fingerprint density at radius 3 is 2.78 bits per heavy atom. The van der Waals surface area contributed by atoms with Crippen molar-refractivity contribution in [2.75, 3.05) is 5.32 Å². The van der Waals surface area contributed by atoms with Crippen LogP contribution < -0.4 is 10.1 Å². The fraction of sp³-hybridized carbons (Fsp3) is 0.0909. The summed E-state index contributed by atoms with van der Waals surface area (Å²) in [6.45, 7) is 2.30. The van der Waals surface area contributed by atoms with Gasteiger partial charge in [-0.15, -0.1) is 0 Å². The van der Waals surface area contributed by atoms with E-state index in [2.05, 4.69) is 10.3 Å². The van der Waals surface area contributed by atoms with E-state index in [0.717, 1.165) is 22.6 Å². The molecule has 0 aliphatic rings. The third-order valence-corrected chi connectivity index (χ3v) is 4.29. The van der Waals surface area contributed by atoms with E-state index >= 15 is 0 Å². The lowest BCUT2D eigenvalue weighted by Crippen LogP contribution is -2.12. The van der Waals surface area contributed by atoms with Gasteiger partial charge in [-0.1, -0.05) is 30.3 Å². The molecule has 0 aliphatic carbocycles. The Kier molecular flexibility index (Phi) is 4.58. The summed E-state index contributed by atoms with van der Waals surface area (Å²) in [7, 11) is 0. The van der Waals surface area contributed by atoms with E-state index in [0.29, 0.717) is 17.9 Å². The Morgan fingerprint density at radius 1 is 1.07 bits per heavy atom. The third-order valence-electron chi connectivity index (χ3n) is 4.29. The van der Waals surface area contributed by atoms with E-state index in [1.165, 1.54) is 0 Å². The summed E-state index contributed by atoms with van der Waals surface area (Å²) in [6, 6.07) is 20.7. The second-order valence-corrected chi connectivity index (χ2v) is 6.28. The van der Waals surface area contributed by atoms with Crippen LogP contribution in [0.3, 0.4) is 0 Å². The molecular weight excluding hydrogens is 338 g/mol. The van der Waals surface area contributed by atoms with Gasteiger partial charge < -0.3 is 14.5 Å². The summed E-state index contributed by atoms with van der Waals surface area (Å²) >= 11 is 0. The largest absolute Gasteiger partial charge is 0.487 e. The van der Waals surface area contributed by atoms with Gasteiger partial charge in [0.2, 0.25) is 0 Å². The molecule has 0 saturated heterocycles. The molecule has 0 aliphatic heterocycles. The van der Waals surface area contributed by atoms with Crippen molar-refractivity contribution < 1.29 is 9.53 Å². The number of fused-ring (bicyclic) bond motifs is 1. The maximum absolute atomic E-state index is 12.5. The van der Waals surface area contributed by atoms with Gasteiger partial charge in [-0.3, -0.25) is 4.79 Å². The maximum atomic E-state index is 12.5. The lowest BCUT2D eigenvalue weighted by molar-refractivity contribution is 0.102. The highest BCUT2D eigenvalue weighted by Gasteiger charge is 2.09. The highest BCUT2D eigenvalue weighted by molar-refractivity contribution is 6.04. The zero-order valence-electron chi connectivity index (χ0n) is 14.9. The number of para-hydroxylation sites is 1. The maximum Gasteiger partial charge on any atom is 0.255 e. The van der Waals surface area contributed by atoms with E-state index in [1.807, 2.05) is 78.3 Å². The van der Waals surface area contributed by atoms with E-state index in [4.69, 9.17) is 4.74 Å². The van der Waals surface area contributed by atoms with Crippen LogP contribution in [-0.4, -0.2) is 15.3 Å². The molecule has 0 fully saturated rings. The van der Waals surface area contributed by atoms with E-state index in [1.54, 1.807) is 12.1 Å². The number of amides is 1. The molecule has 4 rings (SSSR count). The number of aromatic nitrogens is 2. The number of anilines is 1. The Balaban J connectivity index is 1.45. The number of hydrogen-bond acceptors (Lipinski definition) is 3. The first kappa shape index (κ1) is 16.8. The predicted octanol–water partition coefficient (Wildman–Crippen LogP) is 4.47. The van der Waals surface area contributed by atoms with Crippen molar-refractivity contribution in [3.8, 4) is 5.75 Å². The number of imidazole rings is 1. The number of ether oxygens (including phenoxy) is 1. The van der Waals surface area contributed by atoms with Crippen molar-refractivity contribution in [1.82, 2.24) is 9.38 Å². The molecule has 27 heavy (non-hydrogen) atoms. The molecule has 0 saturated carbocycles. The van der Waals surface area contributed by atoms with Gasteiger partial charge in [-0.25, -0.2) is 4.98 Å². The average molecular weight is 357 g/mol. The summed E-state index contributed by atoms with van der Waals surface area (Å²) in [5, 5.41) is 2.94. The van der Waals surface area contributed by atoms with Crippen molar-refractivity contribution in [2.45, 2.75) is 13.5 Å². The highest BCUT2D eigenvalue weighted by atomic mass is 16.5. The molecule has 0 radical (unpaired) electrons. The average Bonchev–Trinajstić information content (AvgIpc) is 3.11. The minimum absolute atomic E-state index is 0.164. The molecule has 0 unspecified atom stereocenters. The van der Waals surface area contributed by atoms with Crippen LogP contribution in [0, 0.1) is 6.92 Å². The first-order valence-corrected chi connectivity index (χ1v) is 8.71. The molecule has 2 heterocycles. The Morgan fingerprint density at radius 2 is 1.93 bits per heavy atom. The molecule has 0 atom stereocenters. The number of nitrogens with one attached hydrogen (secondary N) is 1. The normalized spacial score (nSPS) is 10.7. The van der Waals surface area contributed by atoms with Gasteiger partial charge >= 0.3 is 0 Å². The molecule has 1 amide bonds. The van der Waals surface area contributed by atoms with Gasteiger partial charge in [-0.2, -0.15) is 0 Å². The number of rotatable bonds is 5. The van der Waals surface area contributed by atoms with Crippen molar-refractivity contribution in [2.24, 2.45) is 0 Å². The van der Waals surface area contributed by atoms with Crippen molar-refractivity contribution >= 4 is 17.2 Å². The van der Waals surface area contributed by atoms with Crippen LogP contribution in [0.2, 0.25) is 0 Å². The van der Waals surface area contributed by atoms with Crippen LogP contribution >= 0.6 is 0 Å². The van der Waals surface area contributed by atoms with E-state index in [9.17, 15) is 4.79 Å². The summed E-state index contributed by atoms with van der Waals surface area (Å²) in [6.07, 6.45) is 3.88. The molecule has 2 aromatic carbocycles. The fourth-order valence-electron chi connectivity index (χ4n) is 2.85. The van der Waals surface area contributed by atoms with Crippen molar-refractivity contribution in [1.29, 1.82) is 0 Å². The zero-order valence-corrected chi connectivity index (χ0v) is 14.9. The second-order valence-electron chi connectivity index (χ2n) is 6.28. The molecule has 0 bridgehead atoms. The van der Waals surface area contributed by atoms with Crippen LogP contribution in [0.1, 0.15) is 21.6 Å². The molecular formula is C22H19N3O2. The number of carbonyl (C=O) groups is 1. The lowest BCUT2D eigenvalue weighted by Gasteiger charge is -2.09. The number of nitrogens with zero attached hydrogens (tertiary/aromatic N) is 2. The molecule has 0 spiro atoms. The molecule has 4 aromatic rings. The lowest BCUT2D eigenvalue weighted by atomic mass is 10.1. The smallest absolute Gasteiger partial charge is 0.255 e. The van der Waals surface area contributed by atoms with E-state index < -0.39 is 0 Å². The van der Waals surface area contributed by atoms with Gasteiger partial charge in [0.25, 0.3) is 5.91 Å². The topological polar surface area (TPSA) is 55.6 Å². The Bertz CT molecular complexity index is 1070. The monoisotopic (exact) mass is 357 g/mol. The van der Waals surface area contributed by atoms with E-state index in [-0.39, 0.29) is 5.91 Å². The predicted molar refractivity (Wildman–Crippen MR) is 105 cm³/mol. The Labute approximate surface area is 157 Å². The number of benzene rings is 2. The van der Waals surface area contributed by atoms with Crippen LogP contribution in [0.25, 0.3) is 5.65 Å². The minimum atomic E-state index is -0.164. The summed E-state index contributed by atoms with van der Waals surface area (Å²) in [4.78, 5) is 17.0. The standard InChI is InChI=1S/C22H19N3O2/c1-16-7-2-3-10-20(16)24-22(26)17-8-6-9-19(13-17)27-15-18-14-25-12-5-4-11-21(25)23-18/h2-14H,15H2,1H3,(H,24,26). The highest BCUT2D eigenvalue weighted by Crippen LogP contribution is 2.18. The molecule has 134 valence electrons. The van der Waals surface area contributed by atoms with Gasteiger partial charge in [0, 0.05) is 23.6 Å². The van der Waals surface area contributed by atoms with Crippen LogP contribution in [0.15, 0.2) is 79.1 Å². The van der Waals surface area contributed by atoms with Crippen LogP contribution in [0.5, 0.6) is 5.75 Å². The zero-order chi connectivity index (χ0) is 18.6. The van der Waals surface area contributed by atoms with Crippen LogP contribution in [0.4, 0.5) is 5.69 Å². The first-order valence-electron chi connectivity index (χ1n) is 8.71. The summed E-state index contributed by atoms with van der Waals surface area (Å²) < 4.78 is 7.78.